The lowest BCUT2D eigenvalue weighted by Crippen LogP contribution is -2.22. The molecule has 1 aromatic carbocycles. The minimum atomic E-state index is -0.352. The monoisotopic (exact) mass is 234 g/mol. The number of nitrogens with zero attached hydrogens (tertiary/aromatic N) is 1. The summed E-state index contributed by atoms with van der Waals surface area (Å²) in [7, 11) is 0. The lowest BCUT2D eigenvalue weighted by atomic mass is 10.1. The van der Waals surface area contributed by atoms with Crippen LogP contribution in [0.3, 0.4) is 0 Å². The van der Waals surface area contributed by atoms with E-state index in [1.807, 2.05) is 13.0 Å². The fraction of sp³-hybridized carbons (Fsp3) is 0.538. The minimum absolute atomic E-state index is 0.160. The van der Waals surface area contributed by atoms with Gasteiger partial charge in [0, 0.05) is 23.9 Å². The Morgan fingerprint density at radius 1 is 1.41 bits per heavy atom. The van der Waals surface area contributed by atoms with Gasteiger partial charge in [0.25, 0.3) is 5.69 Å². The summed E-state index contributed by atoms with van der Waals surface area (Å²) >= 11 is 0. The van der Waals surface area contributed by atoms with E-state index in [4.69, 9.17) is 0 Å². The van der Waals surface area contributed by atoms with Gasteiger partial charge in [0.2, 0.25) is 0 Å². The van der Waals surface area contributed by atoms with Crippen molar-refractivity contribution in [3.05, 3.63) is 33.9 Å². The number of anilines is 1. The van der Waals surface area contributed by atoms with Gasteiger partial charge >= 0.3 is 0 Å². The topological polar surface area (TPSA) is 55.2 Å². The summed E-state index contributed by atoms with van der Waals surface area (Å²) in [5, 5.41) is 14.1. The molecule has 1 aliphatic rings. The van der Waals surface area contributed by atoms with Crippen LogP contribution in [0.15, 0.2) is 18.2 Å². The molecule has 17 heavy (non-hydrogen) atoms. The van der Waals surface area contributed by atoms with Gasteiger partial charge in [0.1, 0.15) is 0 Å². The van der Waals surface area contributed by atoms with Crippen molar-refractivity contribution >= 4 is 11.4 Å². The average molecular weight is 234 g/mol. The number of non-ortho nitro benzene ring substituents is 1. The van der Waals surface area contributed by atoms with Gasteiger partial charge in [-0.2, -0.15) is 0 Å². The average Bonchev–Trinajstić information content (AvgIpc) is 2.67. The van der Waals surface area contributed by atoms with Crippen molar-refractivity contribution in [2.45, 2.75) is 39.2 Å². The first-order chi connectivity index (χ1) is 8.08. The van der Waals surface area contributed by atoms with Crippen LogP contribution in [0.5, 0.6) is 0 Å². The van der Waals surface area contributed by atoms with E-state index in [1.165, 1.54) is 19.3 Å². The van der Waals surface area contributed by atoms with Gasteiger partial charge in [-0.15, -0.1) is 0 Å². The fourth-order valence-electron chi connectivity index (χ4n) is 2.48. The van der Waals surface area contributed by atoms with Gasteiger partial charge < -0.3 is 5.32 Å². The van der Waals surface area contributed by atoms with Crippen molar-refractivity contribution in [2.75, 3.05) is 5.32 Å². The Kier molecular flexibility index (Phi) is 3.31. The lowest BCUT2D eigenvalue weighted by Gasteiger charge is -2.19. The Hall–Kier alpha value is -1.58. The van der Waals surface area contributed by atoms with Crippen LogP contribution in [0, 0.1) is 23.0 Å². The van der Waals surface area contributed by atoms with Gasteiger partial charge in [0.05, 0.1) is 4.92 Å². The van der Waals surface area contributed by atoms with Crippen LogP contribution in [-0.2, 0) is 0 Å². The molecule has 0 amide bonds. The van der Waals surface area contributed by atoms with Crippen LogP contribution in [0.4, 0.5) is 11.4 Å². The molecule has 0 saturated heterocycles. The van der Waals surface area contributed by atoms with Crippen LogP contribution in [0.25, 0.3) is 0 Å². The number of nitro groups is 1. The van der Waals surface area contributed by atoms with E-state index >= 15 is 0 Å². The number of nitro benzene ring substituents is 1. The van der Waals surface area contributed by atoms with E-state index in [0.29, 0.717) is 12.0 Å². The van der Waals surface area contributed by atoms with E-state index in [2.05, 4.69) is 12.2 Å². The summed E-state index contributed by atoms with van der Waals surface area (Å²) in [4.78, 5) is 10.3. The number of hydrogen-bond acceptors (Lipinski definition) is 3. The fourth-order valence-corrected chi connectivity index (χ4v) is 2.48. The molecule has 1 N–H and O–H groups in total. The Labute approximate surface area is 101 Å². The first kappa shape index (κ1) is 11.9. The molecule has 4 heteroatoms. The number of aryl methyl sites for hydroxylation is 1. The van der Waals surface area contributed by atoms with Gasteiger partial charge in [-0.3, -0.25) is 10.1 Å². The van der Waals surface area contributed by atoms with E-state index in [1.54, 1.807) is 12.1 Å². The summed E-state index contributed by atoms with van der Waals surface area (Å²) in [6, 6.07) is 5.52. The summed E-state index contributed by atoms with van der Waals surface area (Å²) in [6.07, 6.45) is 3.73. The molecule has 2 atom stereocenters. The normalized spacial score (nSPS) is 23.6. The van der Waals surface area contributed by atoms with Crippen LogP contribution in [0.1, 0.15) is 31.7 Å². The maximum absolute atomic E-state index is 10.6. The summed E-state index contributed by atoms with van der Waals surface area (Å²) < 4.78 is 0. The number of benzene rings is 1. The summed E-state index contributed by atoms with van der Waals surface area (Å²) in [5.41, 5.74) is 2.13. The van der Waals surface area contributed by atoms with Gasteiger partial charge in [0.15, 0.2) is 0 Å². The second-order valence-corrected chi connectivity index (χ2v) is 4.92. The van der Waals surface area contributed by atoms with Crippen molar-refractivity contribution in [3.63, 3.8) is 0 Å². The molecule has 2 unspecified atom stereocenters. The van der Waals surface area contributed by atoms with Crippen molar-refractivity contribution in [1.29, 1.82) is 0 Å². The molecule has 0 spiro atoms. The predicted octanol–water partition coefficient (Wildman–Crippen LogP) is 3.50. The molecule has 0 bridgehead atoms. The van der Waals surface area contributed by atoms with Gasteiger partial charge in [-0.05, 0) is 37.3 Å². The standard InChI is InChI=1S/C13H18N2O2/c1-9-4-3-5-12(9)14-13-7-6-11(15(16)17)8-10(13)2/h6-9,12,14H,3-5H2,1-2H3. The number of nitrogens with one attached hydrogen (secondary N) is 1. The third kappa shape index (κ3) is 2.57. The zero-order valence-electron chi connectivity index (χ0n) is 10.3. The Balaban J connectivity index is 2.14. The van der Waals surface area contributed by atoms with E-state index in [-0.39, 0.29) is 10.6 Å². The highest BCUT2D eigenvalue weighted by Gasteiger charge is 2.23. The maximum atomic E-state index is 10.6. The third-order valence-electron chi connectivity index (χ3n) is 3.62. The second kappa shape index (κ2) is 4.73. The van der Waals surface area contributed by atoms with Crippen LogP contribution < -0.4 is 5.32 Å². The number of hydrogen-bond donors (Lipinski definition) is 1. The highest BCUT2D eigenvalue weighted by atomic mass is 16.6. The molecule has 2 rings (SSSR count). The molecule has 1 fully saturated rings. The second-order valence-electron chi connectivity index (χ2n) is 4.92. The first-order valence-electron chi connectivity index (χ1n) is 6.09. The zero-order chi connectivity index (χ0) is 12.4. The zero-order valence-corrected chi connectivity index (χ0v) is 10.3. The molecule has 92 valence electrons. The van der Waals surface area contributed by atoms with Crippen LogP contribution in [-0.4, -0.2) is 11.0 Å². The van der Waals surface area contributed by atoms with Crippen molar-refractivity contribution < 1.29 is 4.92 Å². The Morgan fingerprint density at radius 2 is 2.18 bits per heavy atom. The highest BCUT2D eigenvalue weighted by Crippen LogP contribution is 2.30. The Morgan fingerprint density at radius 3 is 2.71 bits per heavy atom. The van der Waals surface area contributed by atoms with Crippen molar-refractivity contribution in [3.8, 4) is 0 Å². The first-order valence-corrected chi connectivity index (χ1v) is 6.09. The van der Waals surface area contributed by atoms with E-state index in [0.717, 1.165) is 11.3 Å². The third-order valence-corrected chi connectivity index (χ3v) is 3.62. The largest absolute Gasteiger partial charge is 0.382 e. The highest BCUT2D eigenvalue weighted by molar-refractivity contribution is 5.56. The summed E-state index contributed by atoms with van der Waals surface area (Å²) in [6.45, 7) is 4.17. The van der Waals surface area contributed by atoms with Crippen molar-refractivity contribution in [1.82, 2.24) is 0 Å². The quantitative estimate of drug-likeness (QED) is 0.643. The molecular weight excluding hydrogens is 216 g/mol. The molecule has 0 aromatic heterocycles. The molecule has 4 nitrogen and oxygen atoms in total. The smallest absolute Gasteiger partial charge is 0.269 e. The van der Waals surface area contributed by atoms with Crippen LogP contribution in [0.2, 0.25) is 0 Å². The SMILES string of the molecule is Cc1cc([N+](=O)[O-])ccc1NC1CCCC1C. The lowest BCUT2D eigenvalue weighted by molar-refractivity contribution is -0.384. The Bertz CT molecular complexity index is 431. The molecule has 0 radical (unpaired) electrons. The van der Waals surface area contributed by atoms with Crippen molar-refractivity contribution in [2.24, 2.45) is 5.92 Å². The molecule has 1 aliphatic carbocycles. The predicted molar refractivity (Wildman–Crippen MR) is 68.3 cm³/mol. The molecular formula is C13H18N2O2. The van der Waals surface area contributed by atoms with Gasteiger partial charge in [-0.1, -0.05) is 13.3 Å². The van der Waals surface area contributed by atoms with E-state index < -0.39 is 0 Å². The molecule has 0 aliphatic heterocycles. The number of rotatable bonds is 3. The summed E-state index contributed by atoms with van der Waals surface area (Å²) in [5.74, 6) is 0.685. The van der Waals surface area contributed by atoms with E-state index in [9.17, 15) is 10.1 Å². The maximum Gasteiger partial charge on any atom is 0.269 e. The minimum Gasteiger partial charge on any atom is -0.382 e. The molecule has 0 heterocycles. The van der Waals surface area contributed by atoms with Gasteiger partial charge in [-0.25, -0.2) is 0 Å². The molecule has 1 saturated carbocycles. The molecule has 1 aromatic rings. The van der Waals surface area contributed by atoms with Crippen LogP contribution >= 0.6 is 0 Å².